The number of unbranched alkanes of at least 4 members (excludes halogenated alkanes) is 36. The molecule has 0 saturated heterocycles. The lowest BCUT2D eigenvalue weighted by Gasteiger charge is -2.18. The Balaban J connectivity index is 4.09. The molecule has 1 atom stereocenters. The number of esters is 3. The van der Waals surface area contributed by atoms with Crippen molar-refractivity contribution >= 4 is 17.9 Å². The molecule has 0 radical (unpaired) electrons. The van der Waals surface area contributed by atoms with Crippen molar-refractivity contribution in [3.05, 3.63) is 12.2 Å². The normalized spacial score (nSPS) is 12.0. The van der Waals surface area contributed by atoms with Gasteiger partial charge in [0.05, 0.1) is 0 Å². The van der Waals surface area contributed by atoms with Gasteiger partial charge in [0.1, 0.15) is 13.2 Å². The standard InChI is InChI=1S/C54H102O6/c1-4-7-10-13-15-17-19-21-23-25-27-29-30-32-34-36-38-41-44-47-53(56)59-50-51(49-58-52(55)46-43-40-12-9-6-3)60-54(57)48-45-42-39-37-35-33-31-28-26-24-22-20-18-16-14-11-8-5-2/h21,23,51H,4-20,22,24-50H2,1-3H3/b23-21-. The van der Waals surface area contributed by atoms with Crippen molar-refractivity contribution in [2.75, 3.05) is 13.2 Å². The quantitative estimate of drug-likeness (QED) is 0.0263. The summed E-state index contributed by atoms with van der Waals surface area (Å²) in [5.41, 5.74) is 0. The minimum Gasteiger partial charge on any atom is -0.462 e. The van der Waals surface area contributed by atoms with Crippen LogP contribution in [-0.2, 0) is 28.6 Å². The first-order chi connectivity index (χ1) is 29.5. The number of hydrogen-bond acceptors (Lipinski definition) is 6. The molecule has 0 aromatic carbocycles. The van der Waals surface area contributed by atoms with Crippen LogP contribution in [0.15, 0.2) is 12.2 Å². The Morgan fingerprint density at radius 2 is 0.550 bits per heavy atom. The molecule has 0 rings (SSSR count). The molecule has 0 fully saturated rings. The second-order valence-electron chi connectivity index (χ2n) is 18.2. The van der Waals surface area contributed by atoms with Crippen molar-refractivity contribution in [2.45, 2.75) is 303 Å². The van der Waals surface area contributed by atoms with Gasteiger partial charge in [0.2, 0.25) is 0 Å². The van der Waals surface area contributed by atoms with E-state index in [0.29, 0.717) is 19.3 Å². The number of ether oxygens (including phenoxy) is 3. The molecule has 0 heterocycles. The summed E-state index contributed by atoms with van der Waals surface area (Å²) in [6.07, 6.45) is 55.2. The van der Waals surface area contributed by atoms with Gasteiger partial charge in [-0.25, -0.2) is 0 Å². The van der Waals surface area contributed by atoms with Gasteiger partial charge in [-0.1, -0.05) is 245 Å². The molecule has 0 saturated carbocycles. The Hall–Kier alpha value is -1.85. The average molecular weight is 847 g/mol. The van der Waals surface area contributed by atoms with Crippen molar-refractivity contribution in [3.8, 4) is 0 Å². The summed E-state index contributed by atoms with van der Waals surface area (Å²) in [5.74, 6) is -0.866. The number of carbonyl (C=O) groups is 3. The third-order valence-corrected chi connectivity index (χ3v) is 12.0. The summed E-state index contributed by atoms with van der Waals surface area (Å²) in [6.45, 7) is 6.59. The smallest absolute Gasteiger partial charge is 0.306 e. The van der Waals surface area contributed by atoms with Crippen molar-refractivity contribution in [1.29, 1.82) is 0 Å². The highest BCUT2D eigenvalue weighted by molar-refractivity contribution is 5.71. The fourth-order valence-electron chi connectivity index (χ4n) is 7.97. The number of hydrogen-bond donors (Lipinski definition) is 0. The van der Waals surface area contributed by atoms with Crippen molar-refractivity contribution in [1.82, 2.24) is 0 Å². The molecule has 6 nitrogen and oxygen atoms in total. The maximum absolute atomic E-state index is 12.7. The molecule has 0 aromatic rings. The fourth-order valence-corrected chi connectivity index (χ4v) is 7.97. The summed E-state index contributed by atoms with van der Waals surface area (Å²) in [7, 11) is 0. The van der Waals surface area contributed by atoms with Gasteiger partial charge in [0, 0.05) is 19.3 Å². The van der Waals surface area contributed by atoms with E-state index < -0.39 is 6.10 Å². The maximum atomic E-state index is 12.7. The SMILES string of the molecule is CCCCCCCC/C=C\CCCCCCCCCCCC(=O)OCC(COC(=O)CCCCCCC)OC(=O)CCCCCCCCCCCCCCCCCCCC. The Kier molecular flexibility index (Phi) is 48.3. The van der Waals surface area contributed by atoms with E-state index in [0.717, 1.165) is 64.2 Å². The van der Waals surface area contributed by atoms with Crippen molar-refractivity contribution < 1.29 is 28.6 Å². The van der Waals surface area contributed by atoms with Crippen LogP contribution in [0.5, 0.6) is 0 Å². The molecule has 0 amide bonds. The van der Waals surface area contributed by atoms with E-state index in [1.54, 1.807) is 0 Å². The lowest BCUT2D eigenvalue weighted by atomic mass is 10.0. The zero-order valence-electron chi connectivity index (χ0n) is 40.5. The minimum atomic E-state index is -0.762. The molecule has 0 bridgehead atoms. The summed E-state index contributed by atoms with van der Waals surface area (Å²) in [5, 5.41) is 0. The van der Waals surface area contributed by atoms with E-state index in [2.05, 4.69) is 32.9 Å². The molecule has 0 aliphatic carbocycles. The van der Waals surface area contributed by atoms with Gasteiger partial charge in [-0.15, -0.1) is 0 Å². The van der Waals surface area contributed by atoms with Crippen LogP contribution in [0.2, 0.25) is 0 Å². The Morgan fingerprint density at radius 3 is 0.833 bits per heavy atom. The highest BCUT2D eigenvalue weighted by Gasteiger charge is 2.19. The average Bonchev–Trinajstić information content (AvgIpc) is 3.24. The molecule has 0 N–H and O–H groups in total. The second-order valence-corrected chi connectivity index (χ2v) is 18.2. The van der Waals surface area contributed by atoms with Crippen LogP contribution in [0.3, 0.4) is 0 Å². The van der Waals surface area contributed by atoms with Gasteiger partial charge in [0.25, 0.3) is 0 Å². The molecule has 0 aliphatic rings. The topological polar surface area (TPSA) is 78.9 Å². The minimum absolute atomic E-state index is 0.0671. The van der Waals surface area contributed by atoms with E-state index in [1.807, 2.05) is 0 Å². The molecule has 1 unspecified atom stereocenters. The highest BCUT2D eigenvalue weighted by Crippen LogP contribution is 2.16. The van der Waals surface area contributed by atoms with Crippen molar-refractivity contribution in [2.24, 2.45) is 0 Å². The van der Waals surface area contributed by atoms with Crippen LogP contribution < -0.4 is 0 Å². The van der Waals surface area contributed by atoms with Gasteiger partial charge in [-0.3, -0.25) is 14.4 Å². The third kappa shape index (κ3) is 47.2. The first-order valence-corrected chi connectivity index (χ1v) is 26.7. The lowest BCUT2D eigenvalue weighted by molar-refractivity contribution is -0.167. The lowest BCUT2D eigenvalue weighted by Crippen LogP contribution is -2.30. The van der Waals surface area contributed by atoms with E-state index >= 15 is 0 Å². The molecular formula is C54H102O6. The predicted octanol–water partition coefficient (Wildman–Crippen LogP) is 17.4. The first-order valence-electron chi connectivity index (χ1n) is 26.7. The maximum Gasteiger partial charge on any atom is 0.306 e. The Bertz CT molecular complexity index is 931. The van der Waals surface area contributed by atoms with Crippen LogP contribution in [0.4, 0.5) is 0 Å². The van der Waals surface area contributed by atoms with Crippen LogP contribution in [0.1, 0.15) is 297 Å². The van der Waals surface area contributed by atoms with Gasteiger partial charge in [-0.05, 0) is 44.9 Å². The fraction of sp³-hybridized carbons (Fsp3) is 0.907. The van der Waals surface area contributed by atoms with Crippen LogP contribution in [0, 0.1) is 0 Å². The number of allylic oxidation sites excluding steroid dienone is 2. The molecule has 6 heteroatoms. The van der Waals surface area contributed by atoms with E-state index in [-0.39, 0.29) is 31.1 Å². The van der Waals surface area contributed by atoms with E-state index in [1.165, 1.54) is 193 Å². The molecule has 0 aliphatic heterocycles. The summed E-state index contributed by atoms with van der Waals surface area (Å²) in [4.78, 5) is 37.7. The van der Waals surface area contributed by atoms with Gasteiger partial charge in [-0.2, -0.15) is 0 Å². The monoisotopic (exact) mass is 847 g/mol. The van der Waals surface area contributed by atoms with Gasteiger partial charge >= 0.3 is 17.9 Å². The van der Waals surface area contributed by atoms with Gasteiger partial charge < -0.3 is 14.2 Å². The first kappa shape index (κ1) is 58.1. The zero-order chi connectivity index (χ0) is 43.7. The highest BCUT2D eigenvalue weighted by atomic mass is 16.6. The number of carbonyl (C=O) groups excluding carboxylic acids is 3. The molecule has 60 heavy (non-hydrogen) atoms. The van der Waals surface area contributed by atoms with Crippen LogP contribution in [0.25, 0.3) is 0 Å². The van der Waals surface area contributed by atoms with Gasteiger partial charge in [0.15, 0.2) is 6.10 Å². The molecular weight excluding hydrogens is 745 g/mol. The summed E-state index contributed by atoms with van der Waals surface area (Å²) >= 11 is 0. The summed E-state index contributed by atoms with van der Waals surface area (Å²) in [6, 6.07) is 0. The largest absolute Gasteiger partial charge is 0.462 e. The van der Waals surface area contributed by atoms with Crippen LogP contribution >= 0.6 is 0 Å². The van der Waals surface area contributed by atoms with Crippen molar-refractivity contribution in [3.63, 3.8) is 0 Å². The predicted molar refractivity (Wildman–Crippen MR) is 256 cm³/mol. The van der Waals surface area contributed by atoms with E-state index in [4.69, 9.17) is 14.2 Å². The molecule has 0 spiro atoms. The second kappa shape index (κ2) is 49.8. The summed E-state index contributed by atoms with van der Waals surface area (Å²) < 4.78 is 16.7. The number of rotatable bonds is 49. The zero-order valence-corrected chi connectivity index (χ0v) is 40.5. The molecule has 354 valence electrons. The Morgan fingerprint density at radius 1 is 0.317 bits per heavy atom. The van der Waals surface area contributed by atoms with E-state index in [9.17, 15) is 14.4 Å². The Labute approximate surface area is 373 Å². The van der Waals surface area contributed by atoms with Crippen LogP contribution in [-0.4, -0.2) is 37.2 Å². The molecule has 0 aromatic heterocycles. The third-order valence-electron chi connectivity index (χ3n) is 12.0.